The zero-order valence-corrected chi connectivity index (χ0v) is 18.4. The van der Waals surface area contributed by atoms with E-state index in [1.807, 2.05) is 11.8 Å². The maximum atomic E-state index is 13.7. The van der Waals surface area contributed by atoms with Gasteiger partial charge in [-0.05, 0) is 30.5 Å². The number of nitrogens with zero attached hydrogens (tertiary/aromatic N) is 4. The van der Waals surface area contributed by atoms with E-state index in [0.29, 0.717) is 37.0 Å². The number of nitrogens with two attached hydrogens (primary N) is 1. The summed E-state index contributed by atoms with van der Waals surface area (Å²) < 4.78 is 13.7. The van der Waals surface area contributed by atoms with E-state index in [0.717, 1.165) is 23.7 Å². The molecule has 1 unspecified atom stereocenters. The number of rotatable bonds is 5. The third-order valence-electron chi connectivity index (χ3n) is 5.71. The molecule has 1 aromatic carbocycles. The van der Waals surface area contributed by atoms with E-state index >= 15 is 0 Å². The van der Waals surface area contributed by atoms with Crippen LogP contribution in [0.2, 0.25) is 5.02 Å². The van der Waals surface area contributed by atoms with Crippen LogP contribution in [-0.2, 0) is 17.0 Å². The van der Waals surface area contributed by atoms with E-state index in [-0.39, 0.29) is 17.4 Å². The van der Waals surface area contributed by atoms with Gasteiger partial charge in [-0.1, -0.05) is 24.6 Å². The highest BCUT2D eigenvalue weighted by Crippen LogP contribution is 2.46. The minimum absolute atomic E-state index is 0.0645. The number of halogens is 2. The number of amides is 1. The van der Waals surface area contributed by atoms with Crippen molar-refractivity contribution in [1.82, 2.24) is 14.9 Å². The molecule has 160 valence electrons. The molecule has 2 aliphatic rings. The van der Waals surface area contributed by atoms with E-state index in [1.54, 1.807) is 17.3 Å². The van der Waals surface area contributed by atoms with Crippen molar-refractivity contribution in [3.8, 4) is 0 Å². The third kappa shape index (κ3) is 4.26. The molecule has 30 heavy (non-hydrogen) atoms. The zero-order chi connectivity index (χ0) is 21.3. The highest BCUT2D eigenvalue weighted by Gasteiger charge is 2.32. The van der Waals surface area contributed by atoms with Crippen molar-refractivity contribution >= 4 is 35.1 Å². The lowest BCUT2D eigenvalue weighted by atomic mass is 10.0. The van der Waals surface area contributed by atoms with Crippen molar-refractivity contribution < 1.29 is 9.18 Å². The Morgan fingerprint density at radius 2 is 2.10 bits per heavy atom. The van der Waals surface area contributed by atoms with Gasteiger partial charge in [0.1, 0.15) is 18.0 Å². The van der Waals surface area contributed by atoms with Crippen LogP contribution in [-0.4, -0.2) is 53.0 Å². The second-order valence-corrected chi connectivity index (χ2v) is 9.24. The molecule has 0 radical (unpaired) electrons. The molecule has 0 spiro atoms. The summed E-state index contributed by atoms with van der Waals surface area (Å²) in [7, 11) is 0. The minimum atomic E-state index is -0.707. The van der Waals surface area contributed by atoms with Gasteiger partial charge >= 0.3 is 0 Å². The van der Waals surface area contributed by atoms with E-state index in [4.69, 9.17) is 17.3 Å². The summed E-state index contributed by atoms with van der Waals surface area (Å²) in [6.45, 7) is 4.78. The molecule has 6 nitrogen and oxygen atoms in total. The number of anilines is 1. The van der Waals surface area contributed by atoms with Gasteiger partial charge in [-0.2, -0.15) is 0 Å². The smallest absolute Gasteiger partial charge is 0.239 e. The Morgan fingerprint density at radius 1 is 1.33 bits per heavy atom. The van der Waals surface area contributed by atoms with Crippen LogP contribution in [0.4, 0.5) is 10.2 Å². The number of thioether (sulfide) groups is 1. The van der Waals surface area contributed by atoms with Crippen LogP contribution in [0.1, 0.15) is 35.4 Å². The lowest BCUT2D eigenvalue weighted by molar-refractivity contribution is -0.132. The topological polar surface area (TPSA) is 75.4 Å². The van der Waals surface area contributed by atoms with Crippen molar-refractivity contribution in [2.24, 2.45) is 5.73 Å². The molecule has 0 aliphatic carbocycles. The van der Waals surface area contributed by atoms with Gasteiger partial charge in [0.05, 0.1) is 16.8 Å². The fourth-order valence-electron chi connectivity index (χ4n) is 4.08. The lowest BCUT2D eigenvalue weighted by Crippen LogP contribution is -2.54. The van der Waals surface area contributed by atoms with Crippen molar-refractivity contribution in [3.05, 3.63) is 52.2 Å². The summed E-state index contributed by atoms with van der Waals surface area (Å²) in [6, 6.07) is 3.82. The Kier molecular flexibility index (Phi) is 6.46. The van der Waals surface area contributed by atoms with Gasteiger partial charge in [0.2, 0.25) is 5.91 Å². The number of hydrogen-bond donors (Lipinski definition) is 1. The molecule has 4 rings (SSSR count). The molecule has 9 heteroatoms. The highest BCUT2D eigenvalue weighted by molar-refractivity contribution is 7.99. The van der Waals surface area contributed by atoms with Gasteiger partial charge in [-0.25, -0.2) is 14.4 Å². The quantitative estimate of drug-likeness (QED) is 0.755. The largest absolute Gasteiger partial charge is 0.353 e. The molecule has 2 aliphatic heterocycles. The minimum Gasteiger partial charge on any atom is -0.353 e. The first-order valence-corrected chi connectivity index (χ1v) is 11.6. The maximum absolute atomic E-state index is 13.7. The first-order valence-electron chi connectivity index (χ1n) is 10.2. The maximum Gasteiger partial charge on any atom is 0.239 e. The van der Waals surface area contributed by atoms with Gasteiger partial charge in [-0.3, -0.25) is 4.79 Å². The summed E-state index contributed by atoms with van der Waals surface area (Å²) in [4.78, 5) is 25.9. The van der Waals surface area contributed by atoms with E-state index in [1.165, 1.54) is 17.7 Å². The van der Waals surface area contributed by atoms with Crippen LogP contribution in [0, 0.1) is 5.82 Å². The highest BCUT2D eigenvalue weighted by atomic mass is 35.5. The average molecular weight is 450 g/mol. The second-order valence-electron chi connectivity index (χ2n) is 7.64. The van der Waals surface area contributed by atoms with Crippen LogP contribution < -0.4 is 10.6 Å². The molecule has 2 N–H and O–H groups in total. The zero-order valence-electron chi connectivity index (χ0n) is 16.9. The number of carbonyl (C=O) groups is 1. The Bertz CT molecular complexity index is 938. The fraction of sp³-hybridized carbons (Fsp3) is 0.476. The molecule has 0 saturated carbocycles. The Balaban J connectivity index is 1.38. The number of fused-ring (bicyclic) bond motifs is 1. The van der Waals surface area contributed by atoms with Crippen molar-refractivity contribution in [1.29, 1.82) is 0 Å². The molecular formula is C21H25ClFN5OS. The molecule has 1 saturated heterocycles. The number of carbonyl (C=O) groups excluding carboxylic acids is 1. The first kappa shape index (κ1) is 21.3. The van der Waals surface area contributed by atoms with E-state index < -0.39 is 11.9 Å². The van der Waals surface area contributed by atoms with Gasteiger partial charge in [0.25, 0.3) is 0 Å². The van der Waals surface area contributed by atoms with Crippen molar-refractivity contribution in [2.75, 3.05) is 31.1 Å². The summed E-state index contributed by atoms with van der Waals surface area (Å²) in [5.74, 6) is 1.33. The molecule has 1 amide bonds. The Morgan fingerprint density at radius 3 is 2.80 bits per heavy atom. The SMILES string of the molecule is CCC1SCc2ncnc(N3CCN(C(=O)[C@H](N)Cc4ccc(Cl)c(F)c4)CC3)c21. The predicted octanol–water partition coefficient (Wildman–Crippen LogP) is 3.19. The average Bonchev–Trinajstić information content (AvgIpc) is 3.19. The van der Waals surface area contributed by atoms with Gasteiger partial charge in [0.15, 0.2) is 0 Å². The molecule has 2 aromatic rings. The second kappa shape index (κ2) is 9.08. The number of benzene rings is 1. The van der Waals surface area contributed by atoms with E-state index in [2.05, 4.69) is 21.8 Å². The predicted molar refractivity (Wildman–Crippen MR) is 118 cm³/mol. The Hall–Kier alpha value is -1.90. The number of aromatic nitrogens is 2. The van der Waals surface area contributed by atoms with Crippen LogP contribution in [0.15, 0.2) is 24.5 Å². The lowest BCUT2D eigenvalue weighted by Gasteiger charge is -2.37. The monoisotopic (exact) mass is 449 g/mol. The summed E-state index contributed by atoms with van der Waals surface area (Å²) >= 11 is 7.64. The molecule has 3 heterocycles. The third-order valence-corrected chi connectivity index (χ3v) is 7.43. The van der Waals surface area contributed by atoms with E-state index in [9.17, 15) is 9.18 Å². The molecular weight excluding hydrogens is 425 g/mol. The Labute approximate surface area is 185 Å². The van der Waals surface area contributed by atoms with Gasteiger partial charge in [-0.15, -0.1) is 11.8 Å². The standard InChI is InChI=1S/C21H25ClFN5OS/c1-2-18-19-17(11-30-18)25-12-26-20(19)27-5-7-28(8-6-27)21(29)16(24)10-13-3-4-14(22)15(23)9-13/h3-4,9,12,16,18H,2,5-8,10-11,24H2,1H3/t16-,18?/m1/s1. The fourth-order valence-corrected chi connectivity index (χ4v) is 5.43. The normalized spacial score (nSPS) is 19.7. The van der Waals surface area contributed by atoms with Gasteiger partial charge < -0.3 is 15.5 Å². The van der Waals surface area contributed by atoms with Crippen molar-refractivity contribution in [2.45, 2.75) is 36.8 Å². The number of hydrogen-bond acceptors (Lipinski definition) is 6. The molecule has 2 atom stereocenters. The van der Waals surface area contributed by atoms with Crippen LogP contribution in [0.3, 0.4) is 0 Å². The first-order chi connectivity index (χ1) is 14.5. The molecule has 1 fully saturated rings. The summed E-state index contributed by atoms with van der Waals surface area (Å²) in [6.07, 6.45) is 2.98. The molecule has 1 aromatic heterocycles. The van der Waals surface area contributed by atoms with Crippen LogP contribution in [0.5, 0.6) is 0 Å². The number of piperazine rings is 1. The van der Waals surface area contributed by atoms with Crippen molar-refractivity contribution in [3.63, 3.8) is 0 Å². The summed E-state index contributed by atoms with van der Waals surface area (Å²) in [5.41, 5.74) is 9.19. The van der Waals surface area contributed by atoms with Crippen LogP contribution >= 0.6 is 23.4 Å². The summed E-state index contributed by atoms with van der Waals surface area (Å²) in [5, 5.41) is 0.499. The van der Waals surface area contributed by atoms with Gasteiger partial charge in [0, 0.05) is 42.7 Å². The van der Waals surface area contributed by atoms with Crippen LogP contribution in [0.25, 0.3) is 0 Å². The molecule has 0 bridgehead atoms.